The Morgan fingerprint density at radius 3 is 2.35 bits per heavy atom. The molecule has 0 amide bonds. The molecule has 0 atom stereocenters. The maximum atomic E-state index is 8.81. The van der Waals surface area contributed by atoms with Gasteiger partial charge in [-0.25, -0.2) is 0 Å². The zero-order valence-corrected chi connectivity index (χ0v) is 16.2. The van der Waals surface area contributed by atoms with E-state index in [0.29, 0.717) is 27.7 Å². The monoisotopic (exact) mass is 399 g/mol. The molecular formula is C19H14ClN3OS2. The van der Waals surface area contributed by atoms with Gasteiger partial charge in [-0.1, -0.05) is 36.0 Å². The lowest BCUT2D eigenvalue weighted by atomic mass is 10.1. The first-order valence-corrected chi connectivity index (χ1v) is 9.29. The largest absolute Gasteiger partial charge is 0.457 e. The van der Waals surface area contributed by atoms with Crippen LogP contribution in [0.5, 0.6) is 11.5 Å². The summed E-state index contributed by atoms with van der Waals surface area (Å²) in [4.78, 5) is 0.677. The van der Waals surface area contributed by atoms with E-state index in [-0.39, 0.29) is 0 Å². The Balaban J connectivity index is 1.59. The SMILES string of the molecule is Cc1nsc(NC(=S)Cc2ccc(Oc3ccc(C#N)cc3)cc2)c1Cl. The van der Waals surface area contributed by atoms with Crippen LogP contribution in [-0.4, -0.2) is 9.36 Å². The zero-order valence-electron chi connectivity index (χ0n) is 13.8. The van der Waals surface area contributed by atoms with Crippen LogP contribution in [0.4, 0.5) is 5.00 Å². The van der Waals surface area contributed by atoms with Crippen LogP contribution in [-0.2, 0) is 6.42 Å². The number of ether oxygens (including phenoxy) is 1. The summed E-state index contributed by atoms with van der Waals surface area (Å²) < 4.78 is 9.96. The molecule has 2 aromatic carbocycles. The second kappa shape index (κ2) is 8.28. The topological polar surface area (TPSA) is 57.9 Å². The molecule has 0 saturated heterocycles. The summed E-state index contributed by atoms with van der Waals surface area (Å²) in [5.74, 6) is 1.41. The number of halogens is 1. The highest BCUT2D eigenvalue weighted by Gasteiger charge is 2.10. The minimum Gasteiger partial charge on any atom is -0.457 e. The van der Waals surface area contributed by atoms with Crippen molar-refractivity contribution in [2.45, 2.75) is 13.3 Å². The van der Waals surface area contributed by atoms with Crippen molar-refractivity contribution in [1.29, 1.82) is 5.26 Å². The fraction of sp³-hybridized carbons (Fsp3) is 0.105. The number of anilines is 1. The fourth-order valence-corrected chi connectivity index (χ4v) is 3.49. The third kappa shape index (κ3) is 4.58. The first-order valence-electron chi connectivity index (χ1n) is 7.74. The minimum atomic E-state index is 0.597. The molecule has 0 radical (unpaired) electrons. The van der Waals surface area contributed by atoms with E-state index in [0.717, 1.165) is 22.0 Å². The van der Waals surface area contributed by atoms with Crippen molar-refractivity contribution >= 4 is 45.3 Å². The van der Waals surface area contributed by atoms with Crippen LogP contribution in [0, 0.1) is 18.3 Å². The van der Waals surface area contributed by atoms with Gasteiger partial charge in [0.25, 0.3) is 0 Å². The summed E-state index contributed by atoms with van der Waals surface area (Å²) in [6.07, 6.45) is 0.597. The van der Waals surface area contributed by atoms with E-state index in [2.05, 4.69) is 15.8 Å². The second-order valence-electron chi connectivity index (χ2n) is 5.52. The maximum absolute atomic E-state index is 8.81. The van der Waals surface area contributed by atoms with Crippen molar-refractivity contribution in [2.75, 3.05) is 5.32 Å². The maximum Gasteiger partial charge on any atom is 0.133 e. The molecule has 1 heterocycles. The number of rotatable bonds is 5. The molecule has 130 valence electrons. The van der Waals surface area contributed by atoms with Crippen LogP contribution >= 0.6 is 35.4 Å². The van der Waals surface area contributed by atoms with Crippen LogP contribution < -0.4 is 10.1 Å². The summed E-state index contributed by atoms with van der Waals surface area (Å²) in [5.41, 5.74) is 2.46. The Labute approximate surface area is 166 Å². The van der Waals surface area contributed by atoms with Gasteiger partial charge < -0.3 is 10.1 Å². The fourth-order valence-electron chi connectivity index (χ4n) is 2.20. The molecule has 0 bridgehead atoms. The molecule has 7 heteroatoms. The third-order valence-corrected chi connectivity index (χ3v) is 5.23. The number of thiocarbonyl (C=S) groups is 1. The molecule has 1 aromatic heterocycles. The van der Waals surface area contributed by atoms with E-state index in [1.54, 1.807) is 24.3 Å². The molecule has 0 saturated carbocycles. The number of nitrogens with one attached hydrogen (secondary N) is 1. The van der Waals surface area contributed by atoms with Gasteiger partial charge in [-0.2, -0.15) is 9.64 Å². The molecule has 3 rings (SSSR count). The Hall–Kier alpha value is -2.46. The molecule has 26 heavy (non-hydrogen) atoms. The van der Waals surface area contributed by atoms with Gasteiger partial charge in [0.05, 0.1) is 27.3 Å². The van der Waals surface area contributed by atoms with Gasteiger partial charge in [-0.3, -0.25) is 0 Å². The van der Waals surface area contributed by atoms with E-state index < -0.39 is 0 Å². The summed E-state index contributed by atoms with van der Waals surface area (Å²) in [5, 5.41) is 13.3. The van der Waals surface area contributed by atoms with E-state index in [1.165, 1.54) is 11.5 Å². The van der Waals surface area contributed by atoms with E-state index >= 15 is 0 Å². The molecular weight excluding hydrogens is 386 g/mol. The van der Waals surface area contributed by atoms with Gasteiger partial charge in [0, 0.05) is 6.42 Å². The van der Waals surface area contributed by atoms with Gasteiger partial charge in [-0.15, -0.1) is 0 Å². The van der Waals surface area contributed by atoms with Gasteiger partial charge >= 0.3 is 0 Å². The number of nitriles is 1. The van der Waals surface area contributed by atoms with E-state index in [4.69, 9.17) is 33.8 Å². The Bertz CT molecular complexity index is 960. The molecule has 0 aliphatic carbocycles. The number of hydrogen-bond acceptors (Lipinski definition) is 5. The van der Waals surface area contributed by atoms with Crippen molar-refractivity contribution in [1.82, 2.24) is 4.37 Å². The number of aryl methyl sites for hydroxylation is 1. The van der Waals surface area contributed by atoms with Gasteiger partial charge in [0.1, 0.15) is 16.5 Å². The Morgan fingerprint density at radius 2 is 1.81 bits per heavy atom. The average Bonchev–Trinajstić information content (AvgIpc) is 2.96. The molecule has 0 fully saturated rings. The van der Waals surface area contributed by atoms with Crippen molar-refractivity contribution in [3.05, 3.63) is 70.4 Å². The Morgan fingerprint density at radius 1 is 1.19 bits per heavy atom. The summed E-state index contributed by atoms with van der Waals surface area (Å²) in [6, 6.07) is 16.8. The summed E-state index contributed by atoms with van der Waals surface area (Å²) in [6.45, 7) is 1.86. The van der Waals surface area contributed by atoms with Crippen LogP contribution in [0.1, 0.15) is 16.8 Å². The lowest BCUT2D eigenvalue weighted by Crippen LogP contribution is -2.11. The lowest BCUT2D eigenvalue weighted by Gasteiger charge is -2.08. The summed E-state index contributed by atoms with van der Waals surface area (Å²) >= 11 is 12.9. The Kier molecular flexibility index (Phi) is 5.84. The molecule has 3 aromatic rings. The lowest BCUT2D eigenvalue weighted by molar-refractivity contribution is 0.482. The standard InChI is InChI=1S/C19H14ClN3OS2/c1-12-18(20)19(26-23-12)22-17(25)10-13-2-6-15(7-3-13)24-16-8-4-14(11-21)5-9-16/h2-9H,10H2,1H3,(H,22,25). The number of nitrogens with zero attached hydrogens (tertiary/aromatic N) is 2. The highest BCUT2D eigenvalue weighted by molar-refractivity contribution is 7.80. The van der Waals surface area contributed by atoms with Crippen LogP contribution in [0.15, 0.2) is 48.5 Å². The first kappa shape index (κ1) is 18.3. The normalized spacial score (nSPS) is 10.2. The van der Waals surface area contributed by atoms with Gasteiger partial charge in [0.15, 0.2) is 0 Å². The summed E-state index contributed by atoms with van der Waals surface area (Å²) in [7, 11) is 0. The van der Waals surface area contributed by atoms with E-state index in [1.807, 2.05) is 31.2 Å². The predicted molar refractivity (Wildman–Crippen MR) is 109 cm³/mol. The second-order valence-corrected chi connectivity index (χ2v) is 7.16. The highest BCUT2D eigenvalue weighted by Crippen LogP contribution is 2.29. The smallest absolute Gasteiger partial charge is 0.133 e. The molecule has 1 N–H and O–H groups in total. The van der Waals surface area contributed by atoms with Crippen molar-refractivity contribution < 1.29 is 4.74 Å². The minimum absolute atomic E-state index is 0.597. The van der Waals surface area contributed by atoms with Gasteiger partial charge in [-0.05, 0) is 60.4 Å². The number of benzene rings is 2. The zero-order chi connectivity index (χ0) is 18.5. The first-order chi connectivity index (χ1) is 12.5. The van der Waals surface area contributed by atoms with Crippen LogP contribution in [0.25, 0.3) is 0 Å². The molecule has 0 unspecified atom stereocenters. The van der Waals surface area contributed by atoms with Crippen molar-refractivity contribution in [3.63, 3.8) is 0 Å². The molecule has 0 aliphatic heterocycles. The highest BCUT2D eigenvalue weighted by atomic mass is 35.5. The number of aromatic nitrogens is 1. The quantitative estimate of drug-likeness (QED) is 0.553. The number of hydrogen-bond donors (Lipinski definition) is 1. The molecule has 0 aliphatic rings. The van der Waals surface area contributed by atoms with Crippen molar-refractivity contribution in [2.24, 2.45) is 0 Å². The molecule has 4 nitrogen and oxygen atoms in total. The van der Waals surface area contributed by atoms with Crippen LogP contribution in [0.3, 0.4) is 0 Å². The third-order valence-electron chi connectivity index (χ3n) is 3.55. The molecule has 0 spiro atoms. The predicted octanol–water partition coefficient (Wildman–Crippen LogP) is 5.75. The van der Waals surface area contributed by atoms with Crippen molar-refractivity contribution in [3.8, 4) is 17.6 Å². The van der Waals surface area contributed by atoms with Crippen LogP contribution in [0.2, 0.25) is 5.02 Å². The van der Waals surface area contributed by atoms with E-state index in [9.17, 15) is 0 Å². The average molecular weight is 400 g/mol. The van der Waals surface area contributed by atoms with Gasteiger partial charge in [0.2, 0.25) is 0 Å².